The molecule has 0 bridgehead atoms. The molecule has 15 heteroatoms. The van der Waals surface area contributed by atoms with E-state index in [-0.39, 0.29) is 22.2 Å². The first-order valence-corrected chi connectivity index (χ1v) is 14.2. The fourth-order valence-electron chi connectivity index (χ4n) is 4.08. The van der Waals surface area contributed by atoms with Crippen LogP contribution in [0, 0.1) is 6.92 Å². The highest BCUT2D eigenvalue weighted by Crippen LogP contribution is 2.40. The van der Waals surface area contributed by atoms with Crippen LogP contribution < -0.4 is 11.1 Å². The van der Waals surface area contributed by atoms with Crippen LogP contribution in [0.3, 0.4) is 0 Å². The lowest BCUT2D eigenvalue weighted by Gasteiger charge is -2.49. The number of thiazole rings is 2. The second-order valence-corrected chi connectivity index (χ2v) is 12.2. The number of β-lactam (4-membered cyclic amide) rings is 1. The van der Waals surface area contributed by atoms with Crippen LogP contribution in [-0.4, -0.2) is 92.9 Å². The van der Waals surface area contributed by atoms with E-state index in [2.05, 4.69) is 34.5 Å². The normalized spacial score (nSPS) is 19.9. The van der Waals surface area contributed by atoms with Gasteiger partial charge in [-0.25, -0.2) is 14.8 Å². The van der Waals surface area contributed by atoms with E-state index in [1.165, 1.54) is 28.6 Å². The van der Waals surface area contributed by atoms with Crippen LogP contribution >= 0.6 is 34.4 Å². The minimum Gasteiger partial charge on any atom is -0.477 e. The molecule has 0 aromatic carbocycles. The lowest BCUT2D eigenvalue weighted by Crippen LogP contribution is -2.71. The summed E-state index contributed by atoms with van der Waals surface area (Å²) in [6.45, 7) is 3.45. The summed E-state index contributed by atoms with van der Waals surface area (Å²) in [5.41, 5.74) is 9.08. The van der Waals surface area contributed by atoms with Crippen LogP contribution in [0.15, 0.2) is 39.5 Å². The van der Waals surface area contributed by atoms with Crippen LogP contribution in [0.25, 0.3) is 0 Å². The van der Waals surface area contributed by atoms with E-state index in [1.54, 1.807) is 22.8 Å². The number of fused-ring (bicyclic) bond motifs is 1. The van der Waals surface area contributed by atoms with Crippen molar-refractivity contribution in [2.75, 3.05) is 39.2 Å². The quantitative estimate of drug-likeness (QED) is 0.164. The van der Waals surface area contributed by atoms with Crippen LogP contribution in [-0.2, 0) is 25.8 Å². The zero-order chi connectivity index (χ0) is 27.6. The number of oxime groups is 1. The molecular formula is C23H28N7O5S3+. The molecule has 4 heterocycles. The number of anilines is 1. The van der Waals surface area contributed by atoms with Gasteiger partial charge < -0.3 is 25.5 Å². The minimum atomic E-state index is -1.19. The third kappa shape index (κ3) is 5.75. The Labute approximate surface area is 231 Å². The van der Waals surface area contributed by atoms with Gasteiger partial charge in [-0.15, -0.1) is 34.4 Å². The maximum atomic E-state index is 13.0. The Morgan fingerprint density at radius 3 is 2.76 bits per heavy atom. The number of rotatable bonds is 10. The second kappa shape index (κ2) is 11.2. The molecule has 0 unspecified atom stereocenters. The maximum Gasteiger partial charge on any atom is 0.352 e. The third-order valence-electron chi connectivity index (χ3n) is 5.98. The molecule has 2 aliphatic rings. The van der Waals surface area contributed by atoms with Gasteiger partial charge in [-0.05, 0) is 18.6 Å². The maximum absolute atomic E-state index is 13.0. The summed E-state index contributed by atoms with van der Waals surface area (Å²) < 4.78 is 0.664. The Kier molecular flexibility index (Phi) is 8.20. The van der Waals surface area contributed by atoms with Gasteiger partial charge in [-0.3, -0.25) is 14.5 Å². The molecule has 4 N–H and O–H groups in total. The highest BCUT2D eigenvalue weighted by atomic mass is 32.2. The number of likely N-dealkylation sites (N-methyl/N-ethyl adjacent to an activating group) is 1. The zero-order valence-corrected chi connectivity index (χ0v) is 23.7. The van der Waals surface area contributed by atoms with Gasteiger partial charge in [0, 0.05) is 11.1 Å². The predicted molar refractivity (Wildman–Crippen MR) is 146 cm³/mol. The van der Waals surface area contributed by atoms with Crippen molar-refractivity contribution in [2.24, 2.45) is 5.16 Å². The summed E-state index contributed by atoms with van der Waals surface area (Å²) in [6.07, 6.45) is 3.72. The topological polar surface area (TPSA) is 160 Å². The molecular weight excluding hydrogens is 550 g/mol. The number of allylic oxidation sites excluding steroid dienone is 1. The van der Waals surface area contributed by atoms with Crippen molar-refractivity contribution in [3.63, 3.8) is 0 Å². The van der Waals surface area contributed by atoms with E-state index in [0.717, 1.165) is 23.6 Å². The number of aliphatic carboxylic acids is 1. The van der Waals surface area contributed by atoms with Crippen LogP contribution in [0.1, 0.15) is 16.3 Å². The van der Waals surface area contributed by atoms with E-state index in [0.29, 0.717) is 22.4 Å². The number of aryl methyl sites for hydroxylation is 1. The number of nitrogens with zero attached hydrogens (tertiary/aromatic N) is 5. The molecule has 2 aliphatic heterocycles. The lowest BCUT2D eigenvalue weighted by atomic mass is 10.0. The first-order valence-electron chi connectivity index (χ1n) is 11.4. The number of carbonyl (C=O) groups excluding carboxylic acids is 2. The van der Waals surface area contributed by atoms with Gasteiger partial charge >= 0.3 is 5.97 Å². The molecule has 2 aromatic heterocycles. The van der Waals surface area contributed by atoms with E-state index in [1.807, 2.05) is 18.5 Å². The number of hydrogen-bond donors (Lipinski definition) is 3. The number of nitrogens with one attached hydrogen (secondary N) is 1. The monoisotopic (exact) mass is 578 g/mol. The number of nitrogen functional groups attached to an aromatic ring is 1. The van der Waals surface area contributed by atoms with Crippen LogP contribution in [0.2, 0.25) is 0 Å². The van der Waals surface area contributed by atoms with E-state index >= 15 is 0 Å². The van der Waals surface area contributed by atoms with Gasteiger partial charge in [0.05, 0.1) is 36.7 Å². The first kappa shape index (κ1) is 27.8. The molecule has 0 saturated carbocycles. The molecule has 12 nitrogen and oxygen atoms in total. The van der Waals surface area contributed by atoms with Crippen LogP contribution in [0.4, 0.5) is 5.13 Å². The van der Waals surface area contributed by atoms with Gasteiger partial charge in [-0.2, -0.15) is 0 Å². The van der Waals surface area contributed by atoms with Gasteiger partial charge in [0.15, 0.2) is 10.8 Å². The van der Waals surface area contributed by atoms with Gasteiger partial charge in [0.25, 0.3) is 11.8 Å². The highest BCUT2D eigenvalue weighted by Gasteiger charge is 2.54. The van der Waals surface area contributed by atoms with Crippen molar-refractivity contribution >= 4 is 63.1 Å². The number of nitrogens with two attached hydrogens (primary N) is 1. The summed E-state index contributed by atoms with van der Waals surface area (Å²) in [4.78, 5) is 53.6. The first-order chi connectivity index (χ1) is 18.0. The molecule has 202 valence electrons. The molecule has 38 heavy (non-hydrogen) atoms. The molecule has 2 atom stereocenters. The summed E-state index contributed by atoms with van der Waals surface area (Å²) in [7, 11) is 5.47. The smallest absolute Gasteiger partial charge is 0.352 e. The molecule has 0 aliphatic carbocycles. The molecule has 0 radical (unpaired) electrons. The molecule has 4 rings (SSSR count). The van der Waals surface area contributed by atoms with Crippen molar-refractivity contribution in [1.82, 2.24) is 20.2 Å². The zero-order valence-electron chi connectivity index (χ0n) is 21.2. The molecule has 1 fully saturated rings. The molecule has 0 spiro atoms. The number of quaternary nitrogens is 1. The minimum absolute atomic E-state index is 0.0674. The van der Waals surface area contributed by atoms with Crippen molar-refractivity contribution in [3.8, 4) is 0 Å². The Hall–Kier alpha value is -3.27. The van der Waals surface area contributed by atoms with E-state index < -0.39 is 29.2 Å². The summed E-state index contributed by atoms with van der Waals surface area (Å²) in [5, 5.41) is 17.6. The van der Waals surface area contributed by atoms with Gasteiger partial charge in [0.1, 0.15) is 36.5 Å². The Bertz CT molecular complexity index is 1350. The number of carboxylic acid groups (broad SMARTS) is 1. The number of thioether (sulfide) groups is 1. The Morgan fingerprint density at radius 1 is 1.39 bits per heavy atom. The second-order valence-electron chi connectivity index (χ2n) is 9.27. The summed E-state index contributed by atoms with van der Waals surface area (Å²) in [6, 6.07) is -0.913. The number of hydrogen-bond acceptors (Lipinski definition) is 11. The fraction of sp³-hybridized carbons (Fsp3) is 0.391. The number of carbonyl (C=O) groups is 3. The standard InChI is InChI=1S/C23H27N7O5S3/c1-12-15(38-11-25-12)8-30(2,3)7-5-6-13-9-36-21-17(20(32)29(21)18(13)22(33)34)27-19(31)16(28-35-4)14-10-37-23(24)26-14/h5-6,10-11,17,21H,7-9H2,1-4H3,(H3-,24,26,27,31,33,34)/p+1/t17-,21+/m1/s1. The molecule has 2 aromatic rings. The number of amides is 2. The van der Waals surface area contributed by atoms with Crippen molar-refractivity contribution in [3.05, 3.63) is 50.6 Å². The van der Waals surface area contributed by atoms with Gasteiger partial charge in [-0.1, -0.05) is 11.2 Å². The van der Waals surface area contributed by atoms with Crippen LogP contribution in [0.5, 0.6) is 0 Å². The Morgan fingerprint density at radius 2 is 2.16 bits per heavy atom. The fourth-order valence-corrected chi connectivity index (χ4v) is 6.94. The number of carboxylic acids is 1. The third-order valence-corrected chi connectivity index (χ3v) is 8.88. The highest BCUT2D eigenvalue weighted by molar-refractivity contribution is 8.00. The van der Waals surface area contributed by atoms with Crippen molar-refractivity contribution < 1.29 is 28.8 Å². The lowest BCUT2D eigenvalue weighted by molar-refractivity contribution is -0.897. The summed E-state index contributed by atoms with van der Waals surface area (Å²) >= 11 is 4.14. The van der Waals surface area contributed by atoms with Crippen molar-refractivity contribution in [1.29, 1.82) is 0 Å². The predicted octanol–water partition coefficient (Wildman–Crippen LogP) is 1.41. The number of aromatic nitrogens is 2. The average Bonchev–Trinajstić information content (AvgIpc) is 3.47. The van der Waals surface area contributed by atoms with E-state index in [4.69, 9.17) is 10.6 Å². The Balaban J connectivity index is 1.46. The largest absolute Gasteiger partial charge is 0.477 e. The van der Waals surface area contributed by atoms with Gasteiger partial charge in [0.2, 0.25) is 0 Å². The SMILES string of the molecule is CON=C(C(=O)N[C@@H]1C(=O)N2C(C(=O)O)=C(C=CC[N+](C)(C)Cc3scnc3C)CS[C@@H]12)c1csc(N)n1. The molecule has 1 saturated heterocycles. The van der Waals surface area contributed by atoms with E-state index in [9.17, 15) is 19.5 Å². The van der Waals surface area contributed by atoms with Crippen molar-refractivity contribution in [2.45, 2.75) is 24.9 Å². The molecule has 2 amide bonds. The average molecular weight is 579 g/mol. The summed E-state index contributed by atoms with van der Waals surface area (Å²) in [5.74, 6) is -1.99.